The zero-order valence-corrected chi connectivity index (χ0v) is 18.2. The lowest BCUT2D eigenvalue weighted by Gasteiger charge is -2.34. The number of nitrogens with zero attached hydrogens (tertiary/aromatic N) is 3. The highest BCUT2D eigenvalue weighted by atomic mass is 32.2. The summed E-state index contributed by atoms with van der Waals surface area (Å²) in [4.78, 5) is 31.7. The van der Waals surface area contributed by atoms with Gasteiger partial charge >= 0.3 is 17.4 Å². The molecular formula is C24H21N4O3S+. The highest BCUT2D eigenvalue weighted by molar-refractivity contribution is 7.99. The Morgan fingerprint density at radius 1 is 0.938 bits per heavy atom. The van der Waals surface area contributed by atoms with E-state index in [-0.39, 0.29) is 12.6 Å². The van der Waals surface area contributed by atoms with Crippen LogP contribution in [0.3, 0.4) is 0 Å². The van der Waals surface area contributed by atoms with Gasteiger partial charge in [0.1, 0.15) is 6.54 Å². The molecule has 4 aromatic rings. The molecule has 0 aliphatic carbocycles. The highest BCUT2D eigenvalue weighted by Crippen LogP contribution is 2.48. The van der Waals surface area contributed by atoms with Crippen LogP contribution in [0.15, 0.2) is 98.0 Å². The normalized spacial score (nSPS) is 12.2. The summed E-state index contributed by atoms with van der Waals surface area (Å²) in [5.74, 6) is 0. The number of aryl methyl sites for hydroxylation is 1. The van der Waals surface area contributed by atoms with E-state index in [0.717, 1.165) is 26.7 Å². The van der Waals surface area contributed by atoms with E-state index >= 15 is 0 Å². The lowest BCUT2D eigenvalue weighted by atomic mass is 10.2. The van der Waals surface area contributed by atoms with Gasteiger partial charge in [0.25, 0.3) is 0 Å². The topological polar surface area (TPSA) is 73.4 Å². The van der Waals surface area contributed by atoms with Crippen molar-refractivity contribution in [2.45, 2.75) is 22.9 Å². The number of H-pyrrole nitrogens is 1. The molecule has 0 fully saturated rings. The molecule has 2 amide bonds. The third kappa shape index (κ3) is 3.69. The first-order chi connectivity index (χ1) is 15.6. The summed E-state index contributed by atoms with van der Waals surface area (Å²) in [6.07, 6.45) is 0. The van der Waals surface area contributed by atoms with Crippen LogP contribution in [-0.2, 0) is 20.1 Å². The fourth-order valence-corrected chi connectivity index (χ4v) is 4.82. The Balaban J connectivity index is 1.59. The summed E-state index contributed by atoms with van der Waals surface area (Å²) < 4.78 is 6.41. The Kier molecular flexibility index (Phi) is 5.28. The molecule has 0 unspecified atom stereocenters. The Bertz CT molecular complexity index is 1290. The summed E-state index contributed by atoms with van der Waals surface area (Å²) in [5.41, 5.74) is 2.49. The van der Waals surface area contributed by atoms with Gasteiger partial charge in [0.05, 0.1) is 11.4 Å². The monoisotopic (exact) mass is 445 g/mol. The van der Waals surface area contributed by atoms with Crippen LogP contribution in [0.4, 0.5) is 16.2 Å². The molecule has 0 bridgehead atoms. The van der Waals surface area contributed by atoms with Gasteiger partial charge in [-0.2, -0.15) is 0 Å². The molecular weight excluding hydrogens is 424 g/mol. The Morgan fingerprint density at radius 2 is 1.53 bits per heavy atom. The molecule has 0 saturated carbocycles. The number of anilines is 2. The largest absolute Gasteiger partial charge is 0.431 e. The van der Waals surface area contributed by atoms with E-state index < -0.39 is 5.63 Å². The summed E-state index contributed by atoms with van der Waals surface area (Å²) in [5, 5.41) is 2.53. The lowest BCUT2D eigenvalue weighted by molar-refractivity contribution is -0.746. The van der Waals surface area contributed by atoms with Crippen molar-refractivity contribution < 1.29 is 14.0 Å². The van der Waals surface area contributed by atoms with Crippen molar-refractivity contribution in [1.29, 1.82) is 0 Å². The van der Waals surface area contributed by atoms with E-state index in [1.165, 1.54) is 4.68 Å². The van der Waals surface area contributed by atoms with Gasteiger partial charge < -0.3 is 4.90 Å². The van der Waals surface area contributed by atoms with Gasteiger partial charge in [0.2, 0.25) is 0 Å². The number of urea groups is 1. The number of nitrogens with one attached hydrogen (secondary N) is 1. The number of hydrogen-bond donors (Lipinski definition) is 1. The van der Waals surface area contributed by atoms with Crippen LogP contribution < -0.4 is 15.2 Å². The van der Waals surface area contributed by atoms with Crippen molar-refractivity contribution in [2.75, 3.05) is 4.90 Å². The first kappa shape index (κ1) is 20.1. The molecule has 0 spiro atoms. The number of benzene rings is 3. The number of amides is 2. The second-order valence-electron chi connectivity index (χ2n) is 7.48. The van der Waals surface area contributed by atoms with Crippen molar-refractivity contribution in [3.8, 4) is 0 Å². The number of hydrogen-bond acceptors (Lipinski definition) is 4. The Morgan fingerprint density at radius 3 is 2.12 bits per heavy atom. The number of para-hydroxylation sites is 2. The van der Waals surface area contributed by atoms with Crippen molar-refractivity contribution in [2.24, 2.45) is 7.05 Å². The molecule has 1 aromatic heterocycles. The summed E-state index contributed by atoms with van der Waals surface area (Å²) >= 11 is 1.64. The maximum atomic E-state index is 14.1. The first-order valence-electron chi connectivity index (χ1n) is 10.2. The molecule has 7 nitrogen and oxygen atoms in total. The van der Waals surface area contributed by atoms with Crippen LogP contribution in [0.1, 0.15) is 11.3 Å². The van der Waals surface area contributed by atoms with Gasteiger partial charge in [-0.3, -0.25) is 9.42 Å². The average molecular weight is 446 g/mol. The second-order valence-corrected chi connectivity index (χ2v) is 8.57. The van der Waals surface area contributed by atoms with E-state index in [1.807, 2.05) is 78.9 Å². The zero-order valence-electron chi connectivity index (χ0n) is 17.4. The van der Waals surface area contributed by atoms with Gasteiger partial charge in [-0.15, -0.1) is 0 Å². The average Bonchev–Trinajstić information content (AvgIpc) is 3.14. The third-order valence-electron chi connectivity index (χ3n) is 5.37. The minimum atomic E-state index is -0.492. The molecule has 3 aromatic carbocycles. The molecule has 1 N–H and O–H groups in total. The SMILES string of the molecule is C[n+]1[nH]oc(=O)c1CN(Cc1ccccc1)C(=O)N1c2ccccc2Sc2ccccc21. The molecule has 32 heavy (non-hydrogen) atoms. The van der Waals surface area contributed by atoms with Gasteiger partial charge in [-0.1, -0.05) is 71.0 Å². The molecule has 0 atom stereocenters. The quantitative estimate of drug-likeness (QED) is 0.478. The second kappa shape index (κ2) is 8.39. The number of rotatable bonds is 4. The van der Waals surface area contributed by atoms with Crippen LogP contribution in [0.2, 0.25) is 0 Å². The fourth-order valence-electron chi connectivity index (χ4n) is 3.76. The van der Waals surface area contributed by atoms with E-state index in [9.17, 15) is 9.59 Å². The van der Waals surface area contributed by atoms with Crippen LogP contribution in [-0.4, -0.2) is 16.2 Å². The molecule has 1 aliphatic heterocycles. The molecule has 0 radical (unpaired) electrons. The number of aromatic amines is 1. The van der Waals surface area contributed by atoms with Gasteiger partial charge in [0, 0.05) is 16.3 Å². The van der Waals surface area contributed by atoms with Crippen molar-refractivity contribution >= 4 is 29.2 Å². The van der Waals surface area contributed by atoms with Crippen LogP contribution in [0, 0.1) is 0 Å². The number of carbonyl (C=O) groups is 1. The predicted octanol–water partition coefficient (Wildman–Crippen LogP) is 4.22. The minimum Gasteiger partial charge on any atom is -0.309 e. The number of fused-ring (bicyclic) bond motifs is 2. The van der Waals surface area contributed by atoms with Crippen LogP contribution >= 0.6 is 11.8 Å². The van der Waals surface area contributed by atoms with Crippen LogP contribution in [0.25, 0.3) is 0 Å². The number of carbonyl (C=O) groups excluding carboxylic acids is 1. The minimum absolute atomic E-state index is 0.101. The zero-order chi connectivity index (χ0) is 22.1. The van der Waals surface area contributed by atoms with Crippen molar-refractivity contribution in [3.63, 3.8) is 0 Å². The third-order valence-corrected chi connectivity index (χ3v) is 6.50. The van der Waals surface area contributed by atoms with Gasteiger partial charge in [-0.25, -0.2) is 9.59 Å². The van der Waals surface area contributed by atoms with Crippen molar-refractivity contribution in [1.82, 2.24) is 10.2 Å². The Hall–Kier alpha value is -3.78. The number of aromatic nitrogens is 2. The molecule has 1 aliphatic rings. The van der Waals surface area contributed by atoms with Crippen LogP contribution in [0.5, 0.6) is 0 Å². The maximum Gasteiger partial charge on any atom is 0.431 e. The van der Waals surface area contributed by atoms with Gasteiger partial charge in [-0.05, 0) is 35.1 Å². The van der Waals surface area contributed by atoms with E-state index in [4.69, 9.17) is 4.52 Å². The van der Waals surface area contributed by atoms with Gasteiger partial charge in [0.15, 0.2) is 7.05 Å². The van der Waals surface area contributed by atoms with E-state index in [0.29, 0.717) is 12.2 Å². The Labute approximate surface area is 188 Å². The predicted molar refractivity (Wildman–Crippen MR) is 121 cm³/mol. The summed E-state index contributed by atoms with van der Waals surface area (Å²) in [7, 11) is 1.69. The van der Waals surface area contributed by atoms with Crippen molar-refractivity contribution in [3.05, 3.63) is 101 Å². The molecule has 0 saturated heterocycles. The van der Waals surface area contributed by atoms with E-state index in [2.05, 4.69) is 5.27 Å². The maximum absolute atomic E-state index is 14.1. The summed E-state index contributed by atoms with van der Waals surface area (Å²) in [6, 6.07) is 25.2. The standard InChI is InChI=1S/C24H20N4O3S/c1-26-20(23(29)31-25-26)16-27(15-17-9-3-2-4-10-17)24(30)28-18-11-5-7-13-21(18)32-22-14-8-6-12-19(22)28/h2-14H,15-16H2,1H3/p+1. The smallest absolute Gasteiger partial charge is 0.309 e. The fraction of sp³-hybridized carbons (Fsp3) is 0.125. The first-order valence-corrected chi connectivity index (χ1v) is 11.0. The summed E-state index contributed by atoms with van der Waals surface area (Å²) in [6.45, 7) is 0.447. The highest BCUT2D eigenvalue weighted by Gasteiger charge is 2.33. The molecule has 8 heteroatoms. The molecule has 160 valence electrons. The molecule has 2 heterocycles. The van der Waals surface area contributed by atoms with E-state index in [1.54, 1.807) is 28.6 Å². The molecule has 5 rings (SSSR count). The lowest BCUT2D eigenvalue weighted by Crippen LogP contribution is -2.45.